The summed E-state index contributed by atoms with van der Waals surface area (Å²) >= 11 is 1.32. The fourth-order valence-corrected chi connectivity index (χ4v) is 6.60. The molecule has 0 amide bonds. The Hall–Kier alpha value is 0.460. The van der Waals surface area contributed by atoms with Gasteiger partial charge in [-0.05, 0) is 78.9 Å². The standard InChI is InChI=1S/C14H30NO3PS/c1-13(2,3)17-19(16,18-14(4,5)6)20-12-15-10-8-7-9-11-15/h7-12H2,1-6H3. The van der Waals surface area contributed by atoms with Crippen LogP contribution in [0.2, 0.25) is 0 Å². The smallest absolute Gasteiger partial charge is 0.295 e. The first-order valence-corrected chi connectivity index (χ1v) is 10.5. The maximum absolute atomic E-state index is 13.0. The largest absolute Gasteiger partial charge is 0.391 e. The van der Waals surface area contributed by atoms with Crippen LogP contribution in [0, 0.1) is 0 Å². The van der Waals surface area contributed by atoms with Gasteiger partial charge < -0.3 is 0 Å². The van der Waals surface area contributed by atoms with Crippen LogP contribution in [0.4, 0.5) is 0 Å². The molecule has 0 bridgehead atoms. The number of likely N-dealkylation sites (tertiary alicyclic amines) is 1. The molecule has 0 spiro atoms. The molecule has 1 heterocycles. The summed E-state index contributed by atoms with van der Waals surface area (Å²) in [4.78, 5) is 2.33. The molecular formula is C14H30NO3PS. The van der Waals surface area contributed by atoms with Crippen molar-refractivity contribution in [2.45, 2.75) is 72.0 Å². The zero-order chi connectivity index (χ0) is 15.4. The molecule has 0 aromatic rings. The van der Waals surface area contributed by atoms with Crippen molar-refractivity contribution in [1.82, 2.24) is 4.90 Å². The summed E-state index contributed by atoms with van der Waals surface area (Å²) in [6.45, 7) is 10.5. The van der Waals surface area contributed by atoms with Crippen molar-refractivity contribution in [2.24, 2.45) is 0 Å². The van der Waals surface area contributed by atoms with Gasteiger partial charge in [0.2, 0.25) is 0 Å². The van der Waals surface area contributed by atoms with Crippen LogP contribution in [0.15, 0.2) is 0 Å². The molecule has 1 aliphatic rings. The van der Waals surface area contributed by atoms with E-state index in [1.807, 2.05) is 41.5 Å². The third kappa shape index (κ3) is 8.04. The molecule has 1 fully saturated rings. The fraction of sp³-hybridized carbons (Fsp3) is 1.00. The average Bonchev–Trinajstić information content (AvgIpc) is 2.23. The lowest BCUT2D eigenvalue weighted by atomic mass is 10.1. The topological polar surface area (TPSA) is 38.8 Å². The molecule has 0 N–H and O–H groups in total. The molecular weight excluding hydrogens is 293 g/mol. The Morgan fingerprint density at radius 2 is 1.40 bits per heavy atom. The Labute approximate surface area is 128 Å². The van der Waals surface area contributed by atoms with E-state index in [2.05, 4.69) is 4.90 Å². The minimum atomic E-state index is -3.15. The highest BCUT2D eigenvalue weighted by atomic mass is 32.7. The van der Waals surface area contributed by atoms with Crippen LogP contribution in [-0.2, 0) is 13.6 Å². The van der Waals surface area contributed by atoms with Crippen molar-refractivity contribution in [1.29, 1.82) is 0 Å². The second kappa shape index (κ2) is 7.15. The highest BCUT2D eigenvalue weighted by molar-refractivity contribution is 8.55. The van der Waals surface area contributed by atoms with Crippen molar-refractivity contribution >= 4 is 18.2 Å². The van der Waals surface area contributed by atoms with Crippen molar-refractivity contribution < 1.29 is 13.6 Å². The van der Waals surface area contributed by atoms with Gasteiger partial charge in [-0.1, -0.05) is 6.42 Å². The number of piperidine rings is 1. The summed E-state index contributed by atoms with van der Waals surface area (Å²) in [6.07, 6.45) is 3.76. The van der Waals surface area contributed by atoms with E-state index in [4.69, 9.17) is 9.05 Å². The van der Waals surface area contributed by atoms with Crippen LogP contribution in [-0.4, -0.2) is 35.1 Å². The summed E-state index contributed by atoms with van der Waals surface area (Å²) in [5.41, 5.74) is -0.953. The van der Waals surface area contributed by atoms with E-state index in [1.54, 1.807) is 0 Å². The van der Waals surface area contributed by atoms with E-state index in [0.717, 1.165) is 13.1 Å². The first kappa shape index (κ1) is 18.5. The highest BCUT2D eigenvalue weighted by Crippen LogP contribution is 2.64. The predicted molar refractivity (Wildman–Crippen MR) is 87.2 cm³/mol. The van der Waals surface area contributed by atoms with Gasteiger partial charge in [-0.25, -0.2) is 4.57 Å². The van der Waals surface area contributed by atoms with Crippen molar-refractivity contribution in [3.05, 3.63) is 0 Å². The number of nitrogens with zero attached hydrogens (tertiary/aromatic N) is 1. The van der Waals surface area contributed by atoms with Gasteiger partial charge in [0.25, 0.3) is 0 Å². The summed E-state index contributed by atoms with van der Waals surface area (Å²) in [7, 11) is 0. The number of hydrogen-bond acceptors (Lipinski definition) is 5. The summed E-state index contributed by atoms with van der Waals surface area (Å²) in [5.74, 6) is 0.712. The third-order valence-electron chi connectivity index (χ3n) is 2.62. The first-order valence-electron chi connectivity index (χ1n) is 7.38. The van der Waals surface area contributed by atoms with Gasteiger partial charge in [-0.2, -0.15) is 0 Å². The average molecular weight is 323 g/mol. The Balaban J connectivity index is 2.64. The predicted octanol–water partition coefficient (Wildman–Crippen LogP) is 4.90. The Kier molecular flexibility index (Phi) is 6.61. The molecule has 1 saturated heterocycles. The van der Waals surface area contributed by atoms with Crippen LogP contribution in [0.25, 0.3) is 0 Å². The van der Waals surface area contributed by atoms with Crippen LogP contribution >= 0.6 is 18.2 Å². The maximum atomic E-state index is 13.0. The third-order valence-corrected chi connectivity index (χ3v) is 6.70. The first-order chi connectivity index (χ1) is 8.99. The minimum absolute atomic E-state index is 0.477. The normalized spacial score (nSPS) is 19.3. The summed E-state index contributed by atoms with van der Waals surface area (Å²) in [6, 6.07) is 0. The van der Waals surface area contributed by atoms with E-state index < -0.39 is 18.0 Å². The number of rotatable bonds is 5. The van der Waals surface area contributed by atoms with Crippen LogP contribution in [0.5, 0.6) is 0 Å². The van der Waals surface area contributed by atoms with Crippen LogP contribution in [0.1, 0.15) is 60.8 Å². The molecule has 0 aliphatic carbocycles. The van der Waals surface area contributed by atoms with Gasteiger partial charge in [0, 0.05) is 0 Å². The van der Waals surface area contributed by atoms with E-state index in [1.165, 1.54) is 30.6 Å². The van der Waals surface area contributed by atoms with Gasteiger partial charge in [-0.15, -0.1) is 0 Å². The second-order valence-electron chi connectivity index (χ2n) is 7.29. The maximum Gasteiger partial charge on any atom is 0.391 e. The Morgan fingerprint density at radius 3 is 1.80 bits per heavy atom. The van der Waals surface area contributed by atoms with Gasteiger partial charge in [-0.3, -0.25) is 13.9 Å². The quantitative estimate of drug-likeness (QED) is 0.673. The fourth-order valence-electron chi connectivity index (χ4n) is 1.98. The Bertz CT molecular complexity index is 323. The van der Waals surface area contributed by atoms with Crippen LogP contribution in [0.3, 0.4) is 0 Å². The van der Waals surface area contributed by atoms with E-state index in [-0.39, 0.29) is 0 Å². The molecule has 0 atom stereocenters. The van der Waals surface area contributed by atoms with Crippen molar-refractivity contribution in [3.8, 4) is 0 Å². The monoisotopic (exact) mass is 323 g/mol. The Morgan fingerprint density at radius 1 is 0.950 bits per heavy atom. The zero-order valence-electron chi connectivity index (χ0n) is 13.8. The van der Waals surface area contributed by atoms with E-state index >= 15 is 0 Å². The van der Waals surface area contributed by atoms with Crippen molar-refractivity contribution in [3.63, 3.8) is 0 Å². The second-order valence-corrected chi connectivity index (χ2v) is 11.2. The molecule has 4 nitrogen and oxygen atoms in total. The van der Waals surface area contributed by atoms with Gasteiger partial charge >= 0.3 is 6.80 Å². The lowest BCUT2D eigenvalue weighted by Gasteiger charge is -2.33. The summed E-state index contributed by atoms with van der Waals surface area (Å²) < 4.78 is 24.5. The highest BCUT2D eigenvalue weighted by Gasteiger charge is 2.36. The molecule has 20 heavy (non-hydrogen) atoms. The lowest BCUT2D eigenvalue weighted by molar-refractivity contribution is 0.0591. The van der Waals surface area contributed by atoms with Crippen LogP contribution < -0.4 is 0 Å². The molecule has 0 aromatic carbocycles. The molecule has 0 radical (unpaired) electrons. The zero-order valence-corrected chi connectivity index (χ0v) is 15.5. The molecule has 0 aromatic heterocycles. The van der Waals surface area contributed by atoms with E-state index in [9.17, 15) is 4.57 Å². The molecule has 6 heteroatoms. The minimum Gasteiger partial charge on any atom is -0.295 e. The molecule has 1 rings (SSSR count). The van der Waals surface area contributed by atoms with Gasteiger partial charge in [0.05, 0.1) is 17.1 Å². The lowest BCUT2D eigenvalue weighted by Crippen LogP contribution is -2.30. The SMILES string of the molecule is CC(C)(C)OP(=O)(OC(C)(C)C)SCN1CCCCC1. The summed E-state index contributed by atoms with van der Waals surface area (Å²) in [5, 5.41) is 0. The van der Waals surface area contributed by atoms with E-state index in [0.29, 0.717) is 5.88 Å². The van der Waals surface area contributed by atoms with Crippen molar-refractivity contribution in [2.75, 3.05) is 19.0 Å². The molecule has 0 unspecified atom stereocenters. The number of hydrogen-bond donors (Lipinski definition) is 0. The molecule has 120 valence electrons. The molecule has 1 aliphatic heterocycles. The van der Waals surface area contributed by atoms with Gasteiger partial charge in [0.15, 0.2) is 0 Å². The molecule has 0 saturated carbocycles. The van der Waals surface area contributed by atoms with Gasteiger partial charge in [0.1, 0.15) is 0 Å².